The number of hydrogen-bond acceptors (Lipinski definition) is 7. The standard InChI is InChI=1S/C11H14FN5O3/c1-4(18)8-7(19)5(12)11(20-8)17-3-16-6-9(13)14-2-15-10(6)17/h2-5,7-8,11,18-19H,1H3,(H2,13,14,15)/t4-,5+,7-,8+,11+/m0/s1. The summed E-state index contributed by atoms with van der Waals surface area (Å²) in [5.74, 6) is 0.176. The van der Waals surface area contributed by atoms with E-state index in [1.54, 1.807) is 0 Å². The molecule has 0 radical (unpaired) electrons. The van der Waals surface area contributed by atoms with Gasteiger partial charge in [0.1, 0.15) is 24.1 Å². The molecule has 0 aliphatic carbocycles. The number of nitrogens with zero attached hydrogens (tertiary/aromatic N) is 4. The lowest BCUT2D eigenvalue weighted by Gasteiger charge is -2.17. The minimum absolute atomic E-state index is 0.176. The molecule has 0 aromatic carbocycles. The highest BCUT2D eigenvalue weighted by Gasteiger charge is 2.47. The van der Waals surface area contributed by atoms with E-state index in [1.807, 2.05) is 0 Å². The lowest BCUT2D eigenvalue weighted by molar-refractivity contribution is -0.0761. The lowest BCUT2D eigenvalue weighted by atomic mass is 10.1. The molecule has 20 heavy (non-hydrogen) atoms. The number of ether oxygens (including phenoxy) is 1. The van der Waals surface area contributed by atoms with Crippen LogP contribution in [0.5, 0.6) is 0 Å². The topological polar surface area (TPSA) is 119 Å². The molecule has 1 aliphatic rings. The molecule has 1 fully saturated rings. The third-order valence-corrected chi connectivity index (χ3v) is 3.37. The zero-order valence-electron chi connectivity index (χ0n) is 10.6. The molecule has 0 saturated carbocycles. The average molecular weight is 283 g/mol. The monoisotopic (exact) mass is 283 g/mol. The molecule has 108 valence electrons. The minimum atomic E-state index is -1.71. The minimum Gasteiger partial charge on any atom is -0.391 e. The number of halogens is 1. The number of imidazole rings is 1. The van der Waals surface area contributed by atoms with E-state index < -0.39 is 30.7 Å². The van der Waals surface area contributed by atoms with E-state index >= 15 is 0 Å². The van der Waals surface area contributed by atoms with Crippen LogP contribution in [0.2, 0.25) is 0 Å². The fourth-order valence-corrected chi connectivity index (χ4v) is 2.34. The number of aliphatic hydroxyl groups excluding tert-OH is 2. The molecule has 3 heterocycles. The Morgan fingerprint density at radius 2 is 2.20 bits per heavy atom. The van der Waals surface area contributed by atoms with E-state index in [4.69, 9.17) is 10.5 Å². The van der Waals surface area contributed by atoms with Crippen LogP contribution in [-0.4, -0.2) is 54.2 Å². The maximum absolute atomic E-state index is 14.2. The molecule has 0 unspecified atom stereocenters. The summed E-state index contributed by atoms with van der Waals surface area (Å²) in [7, 11) is 0. The zero-order chi connectivity index (χ0) is 14.4. The first-order valence-electron chi connectivity index (χ1n) is 6.09. The fourth-order valence-electron chi connectivity index (χ4n) is 2.34. The highest BCUT2D eigenvalue weighted by molar-refractivity contribution is 5.81. The van der Waals surface area contributed by atoms with Crippen LogP contribution >= 0.6 is 0 Å². The first kappa shape index (κ1) is 13.2. The van der Waals surface area contributed by atoms with Gasteiger partial charge in [0.05, 0.1) is 12.4 Å². The van der Waals surface area contributed by atoms with E-state index in [-0.39, 0.29) is 5.82 Å². The second-order valence-electron chi connectivity index (χ2n) is 4.75. The summed E-state index contributed by atoms with van der Waals surface area (Å²) in [6.45, 7) is 1.43. The highest BCUT2D eigenvalue weighted by Crippen LogP contribution is 2.35. The average Bonchev–Trinajstić information content (AvgIpc) is 2.94. The van der Waals surface area contributed by atoms with E-state index in [1.165, 1.54) is 24.1 Å². The summed E-state index contributed by atoms with van der Waals surface area (Å²) in [5.41, 5.74) is 6.30. The predicted octanol–water partition coefficient (Wildman–Crippen LogP) is -0.614. The molecule has 8 nitrogen and oxygen atoms in total. The van der Waals surface area contributed by atoms with Gasteiger partial charge < -0.3 is 20.7 Å². The summed E-state index contributed by atoms with van der Waals surface area (Å²) in [6.07, 6.45) is -3.69. The maximum atomic E-state index is 14.2. The van der Waals surface area contributed by atoms with Crippen LogP contribution in [-0.2, 0) is 4.74 Å². The van der Waals surface area contributed by atoms with Crippen molar-refractivity contribution in [3.05, 3.63) is 12.7 Å². The van der Waals surface area contributed by atoms with Crippen molar-refractivity contribution in [3.8, 4) is 0 Å². The van der Waals surface area contributed by atoms with Gasteiger partial charge in [-0.3, -0.25) is 4.57 Å². The van der Waals surface area contributed by atoms with Crippen LogP contribution < -0.4 is 5.73 Å². The summed E-state index contributed by atoms with van der Waals surface area (Å²) < 4.78 is 20.9. The third-order valence-electron chi connectivity index (χ3n) is 3.37. The van der Waals surface area contributed by atoms with Crippen molar-refractivity contribution in [2.24, 2.45) is 0 Å². The molecule has 1 saturated heterocycles. The number of fused-ring (bicyclic) bond motifs is 1. The number of hydrogen-bond donors (Lipinski definition) is 3. The SMILES string of the molecule is C[C@H](O)[C@H]1O[C@@H](n2cnc3c(N)ncnc32)[C@H](F)[C@@H]1O. The fraction of sp³-hybridized carbons (Fsp3) is 0.545. The largest absolute Gasteiger partial charge is 0.391 e. The van der Waals surface area contributed by atoms with Crippen LogP contribution in [0, 0.1) is 0 Å². The number of nitrogens with two attached hydrogens (primary N) is 1. The van der Waals surface area contributed by atoms with E-state index in [9.17, 15) is 14.6 Å². The molecule has 9 heteroatoms. The number of aromatic nitrogens is 4. The normalized spacial score (nSPS) is 31.8. The van der Waals surface area contributed by atoms with Crippen LogP contribution in [0.1, 0.15) is 13.2 Å². The summed E-state index contributed by atoms with van der Waals surface area (Å²) >= 11 is 0. The number of anilines is 1. The molecule has 4 N–H and O–H groups in total. The van der Waals surface area contributed by atoms with Gasteiger partial charge >= 0.3 is 0 Å². The summed E-state index contributed by atoms with van der Waals surface area (Å²) in [5, 5.41) is 19.3. The lowest BCUT2D eigenvalue weighted by Crippen LogP contribution is -2.35. The summed E-state index contributed by atoms with van der Waals surface area (Å²) in [4.78, 5) is 11.8. The van der Waals surface area contributed by atoms with Crippen molar-refractivity contribution in [2.45, 2.75) is 37.6 Å². The smallest absolute Gasteiger partial charge is 0.173 e. The van der Waals surface area contributed by atoms with Crippen LogP contribution in [0.25, 0.3) is 11.2 Å². The Balaban J connectivity index is 2.02. The molecule has 5 atom stereocenters. The van der Waals surface area contributed by atoms with Gasteiger partial charge in [0.2, 0.25) is 0 Å². The number of nitrogen functional groups attached to an aromatic ring is 1. The quantitative estimate of drug-likeness (QED) is 0.672. The summed E-state index contributed by atoms with van der Waals surface area (Å²) in [6, 6.07) is 0. The van der Waals surface area contributed by atoms with Gasteiger partial charge in [0.25, 0.3) is 0 Å². The Morgan fingerprint density at radius 3 is 2.85 bits per heavy atom. The maximum Gasteiger partial charge on any atom is 0.173 e. The first-order chi connectivity index (χ1) is 9.50. The predicted molar refractivity (Wildman–Crippen MR) is 66.2 cm³/mol. The first-order valence-corrected chi connectivity index (χ1v) is 6.09. The van der Waals surface area contributed by atoms with E-state index in [0.29, 0.717) is 11.2 Å². The van der Waals surface area contributed by atoms with Crippen molar-refractivity contribution < 1.29 is 19.3 Å². The Hall–Kier alpha value is -1.84. The molecule has 2 aromatic rings. The number of alkyl halides is 1. The Labute approximate surface area is 113 Å². The van der Waals surface area contributed by atoms with Gasteiger partial charge in [0.15, 0.2) is 23.9 Å². The van der Waals surface area contributed by atoms with E-state index in [2.05, 4.69) is 15.0 Å². The van der Waals surface area contributed by atoms with Crippen molar-refractivity contribution in [1.82, 2.24) is 19.5 Å². The third kappa shape index (κ3) is 1.82. The molecule has 0 bridgehead atoms. The van der Waals surface area contributed by atoms with Gasteiger partial charge in [-0.1, -0.05) is 0 Å². The molecule has 0 amide bonds. The van der Waals surface area contributed by atoms with E-state index in [0.717, 1.165) is 0 Å². The molecule has 1 aliphatic heterocycles. The Bertz CT molecular complexity index is 634. The van der Waals surface area contributed by atoms with Gasteiger partial charge in [-0.25, -0.2) is 19.3 Å². The Kier molecular flexibility index (Phi) is 3.04. The molecule has 3 rings (SSSR count). The van der Waals surface area contributed by atoms with Crippen molar-refractivity contribution in [3.63, 3.8) is 0 Å². The van der Waals surface area contributed by atoms with Gasteiger partial charge in [-0.2, -0.15) is 0 Å². The number of aliphatic hydroxyl groups is 2. The second-order valence-corrected chi connectivity index (χ2v) is 4.75. The van der Waals surface area contributed by atoms with Crippen LogP contribution in [0.15, 0.2) is 12.7 Å². The second kappa shape index (κ2) is 4.62. The van der Waals surface area contributed by atoms with Crippen molar-refractivity contribution >= 4 is 17.0 Å². The van der Waals surface area contributed by atoms with Gasteiger partial charge in [0, 0.05) is 0 Å². The molecule has 2 aromatic heterocycles. The van der Waals surface area contributed by atoms with Crippen LogP contribution in [0.4, 0.5) is 10.2 Å². The highest BCUT2D eigenvalue weighted by atomic mass is 19.1. The van der Waals surface area contributed by atoms with Crippen molar-refractivity contribution in [1.29, 1.82) is 0 Å². The van der Waals surface area contributed by atoms with Gasteiger partial charge in [-0.15, -0.1) is 0 Å². The number of rotatable bonds is 2. The van der Waals surface area contributed by atoms with Crippen LogP contribution in [0.3, 0.4) is 0 Å². The van der Waals surface area contributed by atoms with Crippen molar-refractivity contribution in [2.75, 3.05) is 5.73 Å². The molecular formula is C11H14FN5O3. The van der Waals surface area contributed by atoms with Gasteiger partial charge in [-0.05, 0) is 6.92 Å². The molecular weight excluding hydrogens is 269 g/mol. The Morgan fingerprint density at radius 1 is 1.45 bits per heavy atom. The molecule has 0 spiro atoms. The zero-order valence-corrected chi connectivity index (χ0v) is 10.6.